The number of furan rings is 1. The minimum atomic E-state index is -0.0241. The molecule has 2 aromatic heterocycles. The fourth-order valence-electron chi connectivity index (χ4n) is 2.24. The van der Waals surface area contributed by atoms with Gasteiger partial charge in [0.25, 0.3) is 0 Å². The molecule has 108 valence electrons. The summed E-state index contributed by atoms with van der Waals surface area (Å²) >= 11 is 1.60. The highest BCUT2D eigenvalue weighted by atomic mass is 32.1. The first-order valence-corrected chi connectivity index (χ1v) is 7.98. The van der Waals surface area contributed by atoms with Gasteiger partial charge in [-0.2, -0.15) is 0 Å². The molecule has 1 unspecified atom stereocenters. The molecule has 0 spiro atoms. The molecule has 3 nitrogen and oxygen atoms in total. The Bertz CT molecular complexity index is 702. The normalized spacial score (nSPS) is 12.5. The predicted octanol–water partition coefficient (Wildman–Crippen LogP) is 4.21. The molecule has 0 aliphatic carbocycles. The Morgan fingerprint density at radius 3 is 2.71 bits per heavy atom. The number of thiazole rings is 1. The number of hydrogen-bond acceptors (Lipinski definition) is 4. The van der Waals surface area contributed by atoms with Crippen LogP contribution in [0.25, 0.3) is 10.8 Å². The van der Waals surface area contributed by atoms with Crippen molar-refractivity contribution in [3.63, 3.8) is 0 Å². The zero-order valence-corrected chi connectivity index (χ0v) is 12.8. The van der Waals surface area contributed by atoms with Crippen LogP contribution in [0.1, 0.15) is 30.0 Å². The maximum Gasteiger partial charge on any atom is 0.162 e. The van der Waals surface area contributed by atoms with Gasteiger partial charge in [-0.15, -0.1) is 11.3 Å². The predicted molar refractivity (Wildman–Crippen MR) is 86.3 cm³/mol. The first-order chi connectivity index (χ1) is 10.3. The van der Waals surface area contributed by atoms with E-state index in [0.717, 1.165) is 40.6 Å². The Balaban J connectivity index is 1.73. The van der Waals surface area contributed by atoms with Gasteiger partial charge in [0.05, 0.1) is 5.69 Å². The maximum absolute atomic E-state index is 6.24. The van der Waals surface area contributed by atoms with E-state index >= 15 is 0 Å². The van der Waals surface area contributed by atoms with Crippen molar-refractivity contribution >= 4 is 11.3 Å². The fraction of sp³-hybridized carbons (Fsp3) is 0.235. The van der Waals surface area contributed by atoms with E-state index in [2.05, 4.69) is 29.4 Å². The topological polar surface area (TPSA) is 52.0 Å². The Hall–Kier alpha value is -1.91. The van der Waals surface area contributed by atoms with Gasteiger partial charge in [0.15, 0.2) is 10.8 Å². The molecule has 1 atom stereocenters. The van der Waals surface area contributed by atoms with Gasteiger partial charge in [-0.25, -0.2) is 4.98 Å². The highest BCUT2D eigenvalue weighted by Crippen LogP contribution is 2.27. The van der Waals surface area contributed by atoms with Gasteiger partial charge in [-0.3, -0.25) is 0 Å². The summed E-state index contributed by atoms with van der Waals surface area (Å²) in [5.41, 5.74) is 8.39. The van der Waals surface area contributed by atoms with Crippen molar-refractivity contribution in [2.24, 2.45) is 5.73 Å². The summed E-state index contributed by atoms with van der Waals surface area (Å²) < 4.78 is 5.74. The third-order valence-corrected chi connectivity index (χ3v) is 4.34. The second kappa shape index (κ2) is 6.24. The molecule has 3 aromatic rings. The maximum atomic E-state index is 6.24. The molecule has 3 rings (SSSR count). The van der Waals surface area contributed by atoms with Gasteiger partial charge in [0, 0.05) is 24.3 Å². The first-order valence-electron chi connectivity index (χ1n) is 7.10. The summed E-state index contributed by atoms with van der Waals surface area (Å²) in [5, 5.41) is 2.98. The van der Waals surface area contributed by atoms with E-state index in [0.29, 0.717) is 0 Å². The third-order valence-electron chi connectivity index (χ3n) is 3.43. The molecule has 4 heteroatoms. The van der Waals surface area contributed by atoms with E-state index in [4.69, 9.17) is 10.2 Å². The molecular formula is C17H18N2OS. The molecular weight excluding hydrogens is 280 g/mol. The van der Waals surface area contributed by atoms with Crippen molar-refractivity contribution in [2.45, 2.75) is 25.8 Å². The molecule has 21 heavy (non-hydrogen) atoms. The molecule has 0 saturated heterocycles. The molecule has 0 saturated carbocycles. The highest BCUT2D eigenvalue weighted by molar-refractivity contribution is 7.13. The fourth-order valence-corrected chi connectivity index (χ4v) is 3.03. The van der Waals surface area contributed by atoms with Crippen LogP contribution in [0.3, 0.4) is 0 Å². The summed E-state index contributed by atoms with van der Waals surface area (Å²) in [7, 11) is 0. The Morgan fingerprint density at radius 1 is 1.19 bits per heavy atom. The lowest BCUT2D eigenvalue weighted by atomic mass is 10.0. The van der Waals surface area contributed by atoms with E-state index < -0.39 is 0 Å². The van der Waals surface area contributed by atoms with E-state index in [1.165, 1.54) is 0 Å². The molecule has 2 heterocycles. The third kappa shape index (κ3) is 3.23. The Labute approximate surface area is 128 Å². The molecule has 0 fully saturated rings. The summed E-state index contributed by atoms with van der Waals surface area (Å²) in [6.45, 7) is 2.08. The summed E-state index contributed by atoms with van der Waals surface area (Å²) in [6, 6.07) is 14.1. The van der Waals surface area contributed by atoms with Gasteiger partial charge in [0.2, 0.25) is 0 Å². The van der Waals surface area contributed by atoms with E-state index in [1.807, 2.05) is 30.3 Å². The van der Waals surface area contributed by atoms with Crippen LogP contribution in [-0.4, -0.2) is 4.98 Å². The minimum Gasteiger partial charge on any atom is -0.459 e. The van der Waals surface area contributed by atoms with Gasteiger partial charge >= 0.3 is 0 Å². The second-order valence-electron chi connectivity index (χ2n) is 4.98. The average molecular weight is 298 g/mol. The number of aryl methyl sites for hydroxylation is 1. The van der Waals surface area contributed by atoms with Crippen molar-refractivity contribution in [2.75, 3.05) is 0 Å². The molecule has 0 radical (unpaired) electrons. The molecule has 0 aliphatic rings. The van der Waals surface area contributed by atoms with Crippen LogP contribution in [0.2, 0.25) is 0 Å². The number of benzene rings is 1. The quantitative estimate of drug-likeness (QED) is 0.767. The Kier molecular flexibility index (Phi) is 4.18. The number of hydrogen-bond donors (Lipinski definition) is 1. The largest absolute Gasteiger partial charge is 0.459 e. The standard InChI is InChI=1S/C17H18N2OS/c1-2-14-8-9-16(20-14)17-19-13(11-21-17)10-15(18)12-6-4-3-5-7-12/h3-9,11,15H,2,10,18H2,1H3. The van der Waals surface area contributed by atoms with Crippen LogP contribution < -0.4 is 5.73 Å². The summed E-state index contributed by atoms with van der Waals surface area (Å²) in [4.78, 5) is 4.64. The van der Waals surface area contributed by atoms with Crippen molar-refractivity contribution in [1.29, 1.82) is 0 Å². The lowest BCUT2D eigenvalue weighted by Gasteiger charge is -2.09. The van der Waals surface area contributed by atoms with Crippen molar-refractivity contribution in [3.05, 3.63) is 64.9 Å². The van der Waals surface area contributed by atoms with Crippen molar-refractivity contribution in [1.82, 2.24) is 4.98 Å². The summed E-state index contributed by atoms with van der Waals surface area (Å²) in [5.74, 6) is 1.83. The van der Waals surface area contributed by atoms with Crippen molar-refractivity contribution < 1.29 is 4.42 Å². The Morgan fingerprint density at radius 2 is 2.00 bits per heavy atom. The number of aromatic nitrogens is 1. The number of rotatable bonds is 5. The molecule has 0 bridgehead atoms. The van der Waals surface area contributed by atoms with Crippen molar-refractivity contribution in [3.8, 4) is 10.8 Å². The highest BCUT2D eigenvalue weighted by Gasteiger charge is 2.12. The number of nitrogens with two attached hydrogens (primary N) is 1. The lowest BCUT2D eigenvalue weighted by molar-refractivity contribution is 0.528. The number of nitrogens with zero attached hydrogens (tertiary/aromatic N) is 1. The lowest BCUT2D eigenvalue weighted by Crippen LogP contribution is -2.13. The van der Waals surface area contributed by atoms with Crippen LogP contribution >= 0.6 is 11.3 Å². The average Bonchev–Trinajstić information content (AvgIpc) is 3.16. The minimum absolute atomic E-state index is 0.0241. The van der Waals surface area contributed by atoms with Crippen LogP contribution in [0, 0.1) is 0 Å². The monoisotopic (exact) mass is 298 g/mol. The van der Waals surface area contributed by atoms with E-state index in [9.17, 15) is 0 Å². The SMILES string of the molecule is CCc1ccc(-c2nc(CC(N)c3ccccc3)cs2)o1. The van der Waals surface area contributed by atoms with Crippen LogP contribution in [-0.2, 0) is 12.8 Å². The zero-order valence-electron chi connectivity index (χ0n) is 12.0. The summed E-state index contributed by atoms with van der Waals surface area (Å²) in [6.07, 6.45) is 1.64. The van der Waals surface area contributed by atoms with Gasteiger partial charge in [0.1, 0.15) is 5.76 Å². The van der Waals surface area contributed by atoms with E-state index in [-0.39, 0.29) is 6.04 Å². The van der Waals surface area contributed by atoms with Crippen LogP contribution in [0.4, 0.5) is 0 Å². The van der Waals surface area contributed by atoms with E-state index in [1.54, 1.807) is 11.3 Å². The molecule has 0 amide bonds. The first kappa shape index (κ1) is 14.0. The van der Waals surface area contributed by atoms with Gasteiger partial charge < -0.3 is 10.2 Å². The zero-order chi connectivity index (χ0) is 14.7. The molecule has 1 aromatic carbocycles. The van der Waals surface area contributed by atoms with Crippen LogP contribution in [0.5, 0.6) is 0 Å². The molecule has 2 N–H and O–H groups in total. The van der Waals surface area contributed by atoms with Gasteiger partial charge in [-0.05, 0) is 17.7 Å². The van der Waals surface area contributed by atoms with Crippen LogP contribution in [0.15, 0.2) is 52.3 Å². The smallest absolute Gasteiger partial charge is 0.162 e. The molecule has 0 aliphatic heterocycles. The second-order valence-corrected chi connectivity index (χ2v) is 5.84. The van der Waals surface area contributed by atoms with Gasteiger partial charge in [-0.1, -0.05) is 37.3 Å².